The number of hydrogen-bond acceptors (Lipinski definition) is 6. The van der Waals surface area contributed by atoms with Gasteiger partial charge in [-0.1, -0.05) is 47.7 Å². The van der Waals surface area contributed by atoms with Crippen molar-refractivity contribution in [2.75, 3.05) is 11.9 Å². The van der Waals surface area contributed by atoms with Gasteiger partial charge in [0.15, 0.2) is 10.1 Å². The summed E-state index contributed by atoms with van der Waals surface area (Å²) < 4.78 is 0.824. The molecule has 2 rings (SSSR count). The van der Waals surface area contributed by atoms with E-state index in [9.17, 15) is 4.79 Å². The van der Waals surface area contributed by atoms with Gasteiger partial charge in [0.2, 0.25) is 5.13 Å². The summed E-state index contributed by atoms with van der Waals surface area (Å²) in [7, 11) is 0. The van der Waals surface area contributed by atoms with Crippen molar-refractivity contribution in [3.8, 4) is 0 Å². The van der Waals surface area contributed by atoms with Crippen molar-refractivity contribution in [2.24, 2.45) is 0 Å². The van der Waals surface area contributed by atoms with Gasteiger partial charge in [-0.25, -0.2) is 0 Å². The summed E-state index contributed by atoms with van der Waals surface area (Å²) in [5.41, 5.74) is 2.92. The van der Waals surface area contributed by atoms with Crippen LogP contribution in [-0.4, -0.2) is 27.8 Å². The SMILES string of the molecule is CCCNc1nnc(SC(C)C(=O)c2cc(C)ccc2C)s1. The molecule has 118 valence electrons. The predicted molar refractivity (Wildman–Crippen MR) is 94.3 cm³/mol. The maximum atomic E-state index is 12.6. The van der Waals surface area contributed by atoms with Crippen molar-refractivity contribution in [3.05, 3.63) is 34.9 Å². The average molecular weight is 335 g/mol. The monoisotopic (exact) mass is 335 g/mol. The van der Waals surface area contributed by atoms with E-state index in [1.165, 1.54) is 23.1 Å². The Labute approximate surface area is 139 Å². The van der Waals surface area contributed by atoms with Gasteiger partial charge in [0, 0.05) is 12.1 Å². The summed E-state index contributed by atoms with van der Waals surface area (Å²) in [4.78, 5) is 12.6. The first-order valence-electron chi connectivity index (χ1n) is 7.36. The van der Waals surface area contributed by atoms with Gasteiger partial charge in [0.1, 0.15) is 0 Å². The summed E-state index contributed by atoms with van der Waals surface area (Å²) in [6.07, 6.45) is 1.05. The molecule has 1 atom stereocenters. The van der Waals surface area contributed by atoms with Crippen LogP contribution in [-0.2, 0) is 0 Å². The fourth-order valence-corrected chi connectivity index (χ4v) is 3.98. The molecule has 0 amide bonds. The van der Waals surface area contributed by atoms with E-state index in [-0.39, 0.29) is 11.0 Å². The zero-order valence-electron chi connectivity index (χ0n) is 13.3. The maximum Gasteiger partial charge on any atom is 0.206 e. The van der Waals surface area contributed by atoms with Gasteiger partial charge in [-0.15, -0.1) is 10.2 Å². The number of ketones is 1. The number of thioether (sulfide) groups is 1. The van der Waals surface area contributed by atoms with E-state index in [4.69, 9.17) is 0 Å². The van der Waals surface area contributed by atoms with Crippen LogP contribution in [0.1, 0.15) is 41.8 Å². The molecule has 4 nitrogen and oxygen atoms in total. The van der Waals surface area contributed by atoms with Crippen LogP contribution in [0.15, 0.2) is 22.5 Å². The first-order chi connectivity index (χ1) is 10.5. The highest BCUT2D eigenvalue weighted by Crippen LogP contribution is 2.30. The molecule has 22 heavy (non-hydrogen) atoms. The van der Waals surface area contributed by atoms with Crippen molar-refractivity contribution >= 4 is 34.0 Å². The Balaban J connectivity index is 2.05. The van der Waals surface area contributed by atoms with Crippen LogP contribution in [0.4, 0.5) is 5.13 Å². The molecule has 2 aromatic rings. The summed E-state index contributed by atoms with van der Waals surface area (Å²) in [6.45, 7) is 8.90. The Kier molecular flexibility index (Phi) is 5.97. The lowest BCUT2D eigenvalue weighted by Crippen LogP contribution is -2.15. The molecule has 1 unspecified atom stereocenters. The summed E-state index contributed by atoms with van der Waals surface area (Å²) >= 11 is 2.97. The zero-order chi connectivity index (χ0) is 16.1. The van der Waals surface area contributed by atoms with Gasteiger partial charge in [0.05, 0.1) is 5.25 Å². The van der Waals surface area contributed by atoms with Crippen LogP contribution in [0, 0.1) is 13.8 Å². The van der Waals surface area contributed by atoms with Crippen molar-refractivity contribution in [2.45, 2.75) is 43.7 Å². The molecule has 1 aromatic carbocycles. The second kappa shape index (κ2) is 7.74. The zero-order valence-corrected chi connectivity index (χ0v) is 15.0. The molecule has 1 N–H and O–H groups in total. The Morgan fingerprint density at radius 1 is 1.36 bits per heavy atom. The van der Waals surface area contributed by atoms with E-state index in [2.05, 4.69) is 22.4 Å². The lowest BCUT2D eigenvalue weighted by atomic mass is 10.0. The minimum absolute atomic E-state index is 0.143. The smallest absolute Gasteiger partial charge is 0.206 e. The molecule has 0 radical (unpaired) electrons. The number of anilines is 1. The van der Waals surface area contributed by atoms with Crippen molar-refractivity contribution in [3.63, 3.8) is 0 Å². The number of rotatable bonds is 7. The standard InChI is InChI=1S/C16H21N3OS2/c1-5-8-17-15-18-19-16(22-15)21-12(4)14(20)13-9-10(2)6-7-11(13)3/h6-7,9,12H,5,8H2,1-4H3,(H,17,18). The molecule has 0 bridgehead atoms. The fraction of sp³-hybridized carbons (Fsp3) is 0.438. The number of aromatic nitrogens is 2. The highest BCUT2D eigenvalue weighted by Gasteiger charge is 2.20. The Morgan fingerprint density at radius 3 is 2.86 bits per heavy atom. The molecule has 0 fully saturated rings. The molecule has 0 saturated heterocycles. The van der Waals surface area contributed by atoms with Gasteiger partial charge < -0.3 is 5.32 Å². The summed E-state index contributed by atoms with van der Waals surface area (Å²) in [5.74, 6) is 0.143. The maximum absolute atomic E-state index is 12.6. The number of nitrogens with one attached hydrogen (secondary N) is 1. The molecule has 6 heteroatoms. The van der Waals surface area contributed by atoms with E-state index in [1.807, 2.05) is 39.0 Å². The highest BCUT2D eigenvalue weighted by atomic mass is 32.2. The average Bonchev–Trinajstić information content (AvgIpc) is 2.94. The minimum atomic E-state index is -0.174. The Morgan fingerprint density at radius 2 is 2.14 bits per heavy atom. The molecule has 0 aliphatic rings. The number of aryl methyl sites for hydroxylation is 2. The van der Waals surface area contributed by atoms with Gasteiger partial charge in [-0.3, -0.25) is 4.79 Å². The highest BCUT2D eigenvalue weighted by molar-refractivity contribution is 8.02. The van der Waals surface area contributed by atoms with E-state index < -0.39 is 0 Å². The van der Waals surface area contributed by atoms with Crippen LogP contribution in [0.3, 0.4) is 0 Å². The van der Waals surface area contributed by atoms with E-state index in [0.717, 1.165) is 39.1 Å². The molecular weight excluding hydrogens is 314 g/mol. The third-order valence-corrected chi connectivity index (χ3v) is 5.30. The predicted octanol–water partition coefficient (Wildman–Crippen LogP) is 4.34. The Bertz CT molecular complexity index is 655. The van der Waals surface area contributed by atoms with Crippen molar-refractivity contribution in [1.82, 2.24) is 10.2 Å². The van der Waals surface area contributed by atoms with Gasteiger partial charge >= 0.3 is 0 Å². The van der Waals surface area contributed by atoms with Crippen LogP contribution in [0.5, 0.6) is 0 Å². The first kappa shape index (κ1) is 17.0. The number of benzene rings is 1. The molecule has 1 heterocycles. The van der Waals surface area contributed by atoms with Gasteiger partial charge in [-0.05, 0) is 38.8 Å². The van der Waals surface area contributed by atoms with Crippen molar-refractivity contribution in [1.29, 1.82) is 0 Å². The second-order valence-electron chi connectivity index (χ2n) is 5.24. The Hall–Kier alpha value is -1.40. The number of Topliss-reactive ketones (excluding diaryl/α,β-unsaturated/α-hetero) is 1. The van der Waals surface area contributed by atoms with E-state index >= 15 is 0 Å². The summed E-state index contributed by atoms with van der Waals surface area (Å²) in [6, 6.07) is 5.99. The first-order valence-corrected chi connectivity index (χ1v) is 9.06. The van der Waals surface area contributed by atoms with Crippen molar-refractivity contribution < 1.29 is 4.79 Å². The number of hydrogen-bond donors (Lipinski definition) is 1. The molecule has 0 spiro atoms. The second-order valence-corrected chi connectivity index (χ2v) is 7.81. The molecule has 0 aliphatic heterocycles. The fourth-order valence-electron chi connectivity index (χ4n) is 1.99. The number of carbonyl (C=O) groups is 1. The van der Waals surface area contributed by atoms with Crippen LogP contribution in [0.2, 0.25) is 0 Å². The lowest BCUT2D eigenvalue weighted by Gasteiger charge is -2.11. The normalized spacial score (nSPS) is 12.2. The number of carbonyl (C=O) groups excluding carboxylic acids is 1. The molecule has 1 aromatic heterocycles. The van der Waals surface area contributed by atoms with E-state index in [0.29, 0.717) is 0 Å². The van der Waals surface area contributed by atoms with Gasteiger partial charge in [-0.2, -0.15) is 0 Å². The summed E-state index contributed by atoms with van der Waals surface area (Å²) in [5, 5.41) is 12.1. The topological polar surface area (TPSA) is 54.9 Å². The molecular formula is C16H21N3OS2. The quantitative estimate of drug-likeness (QED) is 0.602. The molecule has 0 aliphatic carbocycles. The van der Waals surface area contributed by atoms with Crippen LogP contribution >= 0.6 is 23.1 Å². The van der Waals surface area contributed by atoms with E-state index in [1.54, 1.807) is 0 Å². The molecule has 0 saturated carbocycles. The third-order valence-electron chi connectivity index (χ3n) is 3.24. The number of nitrogens with zero attached hydrogens (tertiary/aromatic N) is 2. The van der Waals surface area contributed by atoms with Crippen LogP contribution < -0.4 is 5.32 Å². The van der Waals surface area contributed by atoms with Crippen LogP contribution in [0.25, 0.3) is 0 Å². The lowest BCUT2D eigenvalue weighted by molar-refractivity contribution is 0.0993. The third kappa shape index (κ3) is 4.30. The minimum Gasteiger partial charge on any atom is -0.360 e. The van der Waals surface area contributed by atoms with Gasteiger partial charge in [0.25, 0.3) is 0 Å². The largest absolute Gasteiger partial charge is 0.360 e.